The number of ether oxygens (including phenoxy) is 1. The lowest BCUT2D eigenvalue weighted by molar-refractivity contribution is 0.0687. The van der Waals surface area contributed by atoms with Gasteiger partial charge in [-0.1, -0.05) is 60.7 Å². The van der Waals surface area contributed by atoms with E-state index < -0.39 is 11.9 Å². The second-order valence-corrected chi connectivity index (χ2v) is 12.8. The molecule has 51 heavy (non-hydrogen) atoms. The highest BCUT2D eigenvalue weighted by Gasteiger charge is 2.27. The fourth-order valence-corrected chi connectivity index (χ4v) is 7.58. The summed E-state index contributed by atoms with van der Waals surface area (Å²) in [6.07, 6.45) is 3.52. The van der Waals surface area contributed by atoms with E-state index in [1.165, 1.54) is 12.1 Å². The zero-order chi connectivity index (χ0) is 36.1. The van der Waals surface area contributed by atoms with Crippen molar-refractivity contribution in [3.05, 3.63) is 106 Å². The molecule has 6 N–H and O–H groups in total. The maximum atomic E-state index is 13.0. The number of aliphatic hydroxyl groups excluding tert-OH is 4. The van der Waals surface area contributed by atoms with Crippen molar-refractivity contribution in [2.24, 2.45) is 0 Å². The first-order valence-corrected chi connectivity index (χ1v) is 17.4. The minimum absolute atomic E-state index is 0.00267. The van der Waals surface area contributed by atoms with Gasteiger partial charge in [-0.2, -0.15) is 0 Å². The highest BCUT2D eigenvalue weighted by Crippen LogP contribution is 2.47. The van der Waals surface area contributed by atoms with Crippen molar-refractivity contribution in [3.63, 3.8) is 0 Å². The Morgan fingerprint density at radius 3 is 1.06 bits per heavy atom. The molecule has 0 atom stereocenters. The summed E-state index contributed by atoms with van der Waals surface area (Å²) in [4.78, 5) is 26.0. The monoisotopic (exact) mass is 690 g/mol. The number of hydrogen-bond donors (Lipinski definition) is 6. The first kappa shape index (κ1) is 35.8. The Kier molecular flexibility index (Phi) is 11.1. The van der Waals surface area contributed by atoms with Crippen LogP contribution in [0, 0.1) is 0 Å². The number of fused-ring (bicyclic) bond motifs is 4. The van der Waals surface area contributed by atoms with E-state index >= 15 is 0 Å². The van der Waals surface area contributed by atoms with E-state index in [-0.39, 0.29) is 49.1 Å². The molecule has 0 radical (unpaired) electrons. The van der Waals surface area contributed by atoms with E-state index in [0.717, 1.165) is 54.6 Å². The van der Waals surface area contributed by atoms with Crippen LogP contribution in [-0.2, 0) is 25.7 Å². The summed E-state index contributed by atoms with van der Waals surface area (Å²) in [5.41, 5.74) is 3.05. The van der Waals surface area contributed by atoms with E-state index in [9.17, 15) is 40.2 Å². The molecule has 6 aromatic rings. The number of aromatic carboxylic acids is 2. The predicted octanol–water partition coefficient (Wildman–Crippen LogP) is 7.19. The molecular formula is C42H42O9. The van der Waals surface area contributed by atoms with Gasteiger partial charge in [0, 0.05) is 37.2 Å². The van der Waals surface area contributed by atoms with Gasteiger partial charge in [-0.05, 0) is 118 Å². The van der Waals surface area contributed by atoms with Crippen LogP contribution in [0.2, 0.25) is 0 Å². The molecule has 0 saturated carbocycles. The van der Waals surface area contributed by atoms with Crippen LogP contribution < -0.4 is 4.74 Å². The predicted molar refractivity (Wildman–Crippen MR) is 199 cm³/mol. The van der Waals surface area contributed by atoms with Crippen molar-refractivity contribution in [1.82, 2.24) is 0 Å². The molecule has 0 aromatic heterocycles. The number of aryl methyl sites for hydroxylation is 4. The third-order valence-corrected chi connectivity index (χ3v) is 9.73. The average Bonchev–Trinajstić information content (AvgIpc) is 3.14. The summed E-state index contributed by atoms with van der Waals surface area (Å²) in [5, 5.41) is 66.8. The molecular weight excluding hydrogens is 648 g/mol. The molecule has 0 aliphatic carbocycles. The molecule has 0 aliphatic heterocycles. The second-order valence-electron chi connectivity index (χ2n) is 12.8. The lowest BCUT2D eigenvalue weighted by Crippen LogP contribution is -2.08. The second kappa shape index (κ2) is 15.9. The smallest absolute Gasteiger partial charge is 0.339 e. The van der Waals surface area contributed by atoms with Gasteiger partial charge < -0.3 is 35.4 Å². The molecule has 0 amide bonds. The van der Waals surface area contributed by atoms with Crippen LogP contribution in [-0.4, -0.2) is 69.0 Å². The Morgan fingerprint density at radius 1 is 0.431 bits per heavy atom. The van der Waals surface area contributed by atoms with E-state index in [1.807, 2.05) is 48.5 Å². The van der Waals surface area contributed by atoms with Gasteiger partial charge in [0.2, 0.25) is 0 Å². The molecule has 0 heterocycles. The molecule has 9 heteroatoms. The van der Waals surface area contributed by atoms with E-state index in [4.69, 9.17) is 4.74 Å². The molecule has 264 valence electrons. The number of carboxylic acid groups (broad SMARTS) is 2. The molecule has 0 fully saturated rings. The first-order valence-electron chi connectivity index (χ1n) is 17.4. The SMILES string of the molecule is O=C(O)c1ccc2c(CCCO)c3ccccc3c(CCCO)c2c1Oc1c(C(=O)O)ccc2c(CCCO)c3ccccc3c(CCCO)c12. The van der Waals surface area contributed by atoms with Crippen molar-refractivity contribution in [2.45, 2.75) is 51.4 Å². The van der Waals surface area contributed by atoms with Gasteiger partial charge in [0.05, 0.1) is 0 Å². The van der Waals surface area contributed by atoms with Crippen LogP contribution in [0.25, 0.3) is 43.1 Å². The van der Waals surface area contributed by atoms with Crippen LogP contribution in [0.4, 0.5) is 0 Å². The largest absolute Gasteiger partial charge is 0.478 e. The lowest BCUT2D eigenvalue weighted by atomic mass is 9.86. The fraction of sp³-hybridized carbons (Fsp3) is 0.286. The van der Waals surface area contributed by atoms with Crippen molar-refractivity contribution in [1.29, 1.82) is 0 Å². The molecule has 9 nitrogen and oxygen atoms in total. The molecule has 0 spiro atoms. The Hall–Kier alpha value is -5.06. The zero-order valence-corrected chi connectivity index (χ0v) is 28.3. The fourth-order valence-electron chi connectivity index (χ4n) is 7.58. The lowest BCUT2D eigenvalue weighted by Gasteiger charge is -2.24. The summed E-state index contributed by atoms with van der Waals surface area (Å²) in [6, 6.07) is 22.0. The van der Waals surface area contributed by atoms with Crippen LogP contribution in [0.5, 0.6) is 11.5 Å². The summed E-state index contributed by atoms with van der Waals surface area (Å²) in [5.74, 6) is -2.51. The highest BCUT2D eigenvalue weighted by molar-refractivity contribution is 6.14. The normalized spacial score (nSPS) is 11.6. The molecule has 6 rings (SSSR count). The van der Waals surface area contributed by atoms with Gasteiger partial charge in [0.1, 0.15) is 22.6 Å². The molecule has 0 unspecified atom stereocenters. The average molecular weight is 691 g/mol. The Bertz CT molecular complexity index is 2100. The summed E-state index contributed by atoms with van der Waals surface area (Å²) >= 11 is 0. The Labute approximate surface area is 295 Å². The van der Waals surface area contributed by atoms with E-state index in [2.05, 4.69) is 0 Å². The zero-order valence-electron chi connectivity index (χ0n) is 28.3. The highest BCUT2D eigenvalue weighted by atomic mass is 16.5. The minimum atomic E-state index is -1.25. The van der Waals surface area contributed by atoms with Gasteiger partial charge in [0.25, 0.3) is 0 Å². The number of carboxylic acids is 2. The van der Waals surface area contributed by atoms with Gasteiger partial charge >= 0.3 is 11.9 Å². The molecule has 6 aromatic carbocycles. The van der Waals surface area contributed by atoms with Gasteiger partial charge in [0.15, 0.2) is 0 Å². The number of carbonyl (C=O) groups is 2. The van der Waals surface area contributed by atoms with Crippen molar-refractivity contribution >= 4 is 55.0 Å². The Balaban J connectivity index is 1.79. The summed E-state index contributed by atoms with van der Waals surface area (Å²) < 4.78 is 6.86. The van der Waals surface area contributed by atoms with Gasteiger partial charge in [-0.15, -0.1) is 0 Å². The quantitative estimate of drug-likeness (QED) is 0.0577. The maximum Gasteiger partial charge on any atom is 0.339 e. The number of benzene rings is 6. The number of rotatable bonds is 16. The minimum Gasteiger partial charge on any atom is -0.478 e. The van der Waals surface area contributed by atoms with Crippen molar-refractivity contribution in [3.8, 4) is 11.5 Å². The number of hydrogen-bond acceptors (Lipinski definition) is 7. The number of aliphatic hydroxyl groups is 4. The maximum absolute atomic E-state index is 13.0. The molecule has 0 bridgehead atoms. The van der Waals surface area contributed by atoms with Crippen molar-refractivity contribution in [2.75, 3.05) is 26.4 Å². The van der Waals surface area contributed by atoms with Crippen LogP contribution in [0.3, 0.4) is 0 Å². The van der Waals surface area contributed by atoms with E-state index in [1.54, 1.807) is 12.1 Å². The summed E-state index contributed by atoms with van der Waals surface area (Å²) in [7, 11) is 0. The third kappa shape index (κ3) is 6.73. The van der Waals surface area contributed by atoms with Crippen LogP contribution >= 0.6 is 0 Å². The first-order chi connectivity index (χ1) is 24.9. The summed E-state index contributed by atoms with van der Waals surface area (Å²) in [6.45, 7) is -0.276. The molecule has 0 aliphatic rings. The topological polar surface area (TPSA) is 165 Å². The third-order valence-electron chi connectivity index (χ3n) is 9.73. The van der Waals surface area contributed by atoms with Gasteiger partial charge in [-0.3, -0.25) is 0 Å². The van der Waals surface area contributed by atoms with Crippen LogP contribution in [0.1, 0.15) is 68.7 Å². The van der Waals surface area contributed by atoms with E-state index in [0.29, 0.717) is 62.1 Å². The van der Waals surface area contributed by atoms with Crippen LogP contribution in [0.15, 0.2) is 72.8 Å². The van der Waals surface area contributed by atoms with Gasteiger partial charge in [-0.25, -0.2) is 9.59 Å². The van der Waals surface area contributed by atoms with Crippen molar-refractivity contribution < 1.29 is 45.0 Å². The standard InChI is InChI=1S/C42H42O9/c43-21-5-13-29-25-9-1-3-11-27(25)31(15-7-23-45)37-33(29)17-19-35(41(47)48)39(37)51-40-36(42(49)50)20-18-34-30(14-6-22-44)26-10-2-4-12-28(26)32(38(34)40)16-8-24-46/h1-4,9-12,17-20,43-46H,5-8,13-16,21-24H2,(H,47,48)(H,49,50). The molecule has 0 saturated heterocycles. The Morgan fingerprint density at radius 2 is 0.745 bits per heavy atom.